The van der Waals surface area contributed by atoms with E-state index in [0.29, 0.717) is 10.6 Å². The highest BCUT2D eigenvalue weighted by atomic mass is 79.9. The van der Waals surface area contributed by atoms with Crippen LogP contribution in [0.4, 0.5) is 8.78 Å². The minimum atomic E-state index is -1.03. The van der Waals surface area contributed by atoms with Gasteiger partial charge in [-0.15, -0.1) is 0 Å². The molecule has 0 amide bonds. The molecule has 106 valence electrons. The van der Waals surface area contributed by atoms with E-state index in [0.717, 1.165) is 6.07 Å². The van der Waals surface area contributed by atoms with E-state index in [4.69, 9.17) is 11.6 Å². The van der Waals surface area contributed by atoms with Crippen LogP contribution in [0.3, 0.4) is 0 Å². The number of nitrogens with zero attached hydrogens (tertiary/aromatic N) is 1. The second-order valence-electron chi connectivity index (χ2n) is 3.93. The van der Waals surface area contributed by atoms with Crippen molar-refractivity contribution in [3.63, 3.8) is 0 Å². The maximum atomic E-state index is 13.8. The predicted molar refractivity (Wildman–Crippen MR) is 74.7 cm³/mol. The highest BCUT2D eigenvalue weighted by Crippen LogP contribution is 2.21. The fraction of sp³-hybridized carbons (Fsp3) is 0.167. The van der Waals surface area contributed by atoms with Crippen molar-refractivity contribution in [3.05, 3.63) is 59.8 Å². The van der Waals surface area contributed by atoms with Gasteiger partial charge in [-0.2, -0.15) is 0 Å². The minimum Gasteiger partial charge on any atom is -0.297 e. The Bertz CT molecular complexity index is 801. The summed E-state index contributed by atoms with van der Waals surface area (Å²) >= 11 is 8.64. The molecule has 1 heterocycles. The SMILES string of the molecule is CCc1c(Cl)[nH]c(=O)n(-c2cc(Br)c(F)cc2F)c1=O. The molecule has 0 atom stereocenters. The Labute approximate surface area is 125 Å². The zero-order valence-corrected chi connectivity index (χ0v) is 12.5. The van der Waals surface area contributed by atoms with Crippen molar-refractivity contribution in [3.8, 4) is 5.69 Å². The van der Waals surface area contributed by atoms with E-state index in [2.05, 4.69) is 20.9 Å². The standard InChI is InChI=1S/C12H8BrClF2N2O2/c1-2-5-10(14)17-12(20)18(11(5)19)9-3-6(13)7(15)4-8(9)16/h3-4H,2H2,1H3,(H,17,20). The van der Waals surface area contributed by atoms with Crippen molar-refractivity contribution in [1.82, 2.24) is 9.55 Å². The molecule has 2 aromatic rings. The Morgan fingerprint density at radius 3 is 2.55 bits per heavy atom. The molecule has 1 N–H and O–H groups in total. The smallest absolute Gasteiger partial charge is 0.297 e. The summed E-state index contributed by atoms with van der Waals surface area (Å²) in [5.74, 6) is -1.86. The zero-order chi connectivity index (χ0) is 15.0. The summed E-state index contributed by atoms with van der Waals surface area (Å²) < 4.78 is 27.5. The number of benzene rings is 1. The van der Waals surface area contributed by atoms with Crippen molar-refractivity contribution in [2.45, 2.75) is 13.3 Å². The lowest BCUT2D eigenvalue weighted by molar-refractivity contribution is 0.570. The normalized spacial score (nSPS) is 10.8. The molecule has 0 saturated heterocycles. The first-order valence-corrected chi connectivity index (χ1v) is 6.72. The van der Waals surface area contributed by atoms with Crippen molar-refractivity contribution in [2.24, 2.45) is 0 Å². The average molecular weight is 366 g/mol. The van der Waals surface area contributed by atoms with Gasteiger partial charge in [-0.05, 0) is 28.4 Å². The third-order valence-electron chi connectivity index (χ3n) is 2.73. The first kappa shape index (κ1) is 14.9. The number of halogens is 4. The van der Waals surface area contributed by atoms with E-state index in [1.807, 2.05) is 0 Å². The number of hydrogen-bond donors (Lipinski definition) is 1. The van der Waals surface area contributed by atoms with Crippen LogP contribution in [0.5, 0.6) is 0 Å². The summed E-state index contributed by atoms with van der Waals surface area (Å²) in [7, 11) is 0. The van der Waals surface area contributed by atoms with Gasteiger partial charge in [0.1, 0.15) is 16.8 Å². The lowest BCUT2D eigenvalue weighted by Crippen LogP contribution is -2.36. The fourth-order valence-electron chi connectivity index (χ4n) is 1.75. The molecule has 0 bridgehead atoms. The second kappa shape index (κ2) is 5.49. The molecule has 0 aliphatic rings. The molecule has 1 aromatic heterocycles. The highest BCUT2D eigenvalue weighted by molar-refractivity contribution is 9.10. The van der Waals surface area contributed by atoms with E-state index in [9.17, 15) is 18.4 Å². The molecule has 0 saturated carbocycles. The van der Waals surface area contributed by atoms with Gasteiger partial charge in [0.05, 0.1) is 15.7 Å². The first-order chi connectivity index (χ1) is 9.36. The van der Waals surface area contributed by atoms with Gasteiger partial charge in [0.15, 0.2) is 0 Å². The third kappa shape index (κ3) is 2.43. The molecule has 0 fully saturated rings. The van der Waals surface area contributed by atoms with Gasteiger partial charge in [-0.3, -0.25) is 9.78 Å². The van der Waals surface area contributed by atoms with Gasteiger partial charge < -0.3 is 0 Å². The van der Waals surface area contributed by atoms with Crippen LogP contribution in [-0.2, 0) is 6.42 Å². The molecule has 0 aliphatic heterocycles. The minimum absolute atomic E-state index is 0.0619. The van der Waals surface area contributed by atoms with E-state index in [-0.39, 0.29) is 27.3 Å². The van der Waals surface area contributed by atoms with Crippen LogP contribution in [-0.4, -0.2) is 9.55 Å². The summed E-state index contributed by atoms with van der Waals surface area (Å²) in [5, 5.41) is -0.0830. The Morgan fingerprint density at radius 2 is 1.95 bits per heavy atom. The van der Waals surface area contributed by atoms with E-state index in [1.165, 1.54) is 0 Å². The highest BCUT2D eigenvalue weighted by Gasteiger charge is 2.17. The second-order valence-corrected chi connectivity index (χ2v) is 5.17. The summed E-state index contributed by atoms with van der Waals surface area (Å²) in [6.07, 6.45) is 0.262. The summed E-state index contributed by atoms with van der Waals surface area (Å²) in [6, 6.07) is 1.61. The average Bonchev–Trinajstić information content (AvgIpc) is 2.35. The van der Waals surface area contributed by atoms with Gasteiger partial charge in [0.2, 0.25) is 0 Å². The predicted octanol–water partition coefficient (Wildman–Crippen LogP) is 2.78. The molecular weight excluding hydrogens is 357 g/mol. The van der Waals surface area contributed by atoms with Crippen LogP contribution in [0.15, 0.2) is 26.2 Å². The Hall–Kier alpha value is -1.47. The Morgan fingerprint density at radius 1 is 1.30 bits per heavy atom. The Balaban J connectivity index is 2.87. The van der Waals surface area contributed by atoms with Crippen LogP contribution in [0.1, 0.15) is 12.5 Å². The first-order valence-electron chi connectivity index (χ1n) is 5.55. The summed E-state index contributed by atoms with van der Waals surface area (Å²) in [5.41, 5.74) is -1.84. The monoisotopic (exact) mass is 364 g/mol. The number of aromatic amines is 1. The quantitative estimate of drug-likeness (QED) is 0.657. The number of aromatic nitrogens is 2. The molecule has 0 radical (unpaired) electrons. The van der Waals surface area contributed by atoms with Crippen molar-refractivity contribution in [1.29, 1.82) is 0 Å². The maximum absolute atomic E-state index is 13.8. The molecule has 20 heavy (non-hydrogen) atoms. The number of hydrogen-bond acceptors (Lipinski definition) is 2. The van der Waals surface area contributed by atoms with Crippen molar-refractivity contribution in [2.75, 3.05) is 0 Å². The molecule has 4 nitrogen and oxygen atoms in total. The van der Waals surface area contributed by atoms with Crippen LogP contribution in [0.2, 0.25) is 5.15 Å². The van der Waals surface area contributed by atoms with Gasteiger partial charge in [-0.25, -0.2) is 18.1 Å². The van der Waals surface area contributed by atoms with Crippen molar-refractivity contribution >= 4 is 27.5 Å². The molecule has 0 aliphatic carbocycles. The van der Waals surface area contributed by atoms with Gasteiger partial charge >= 0.3 is 5.69 Å². The largest absolute Gasteiger partial charge is 0.334 e. The lowest BCUT2D eigenvalue weighted by Gasteiger charge is -2.09. The van der Waals surface area contributed by atoms with Crippen molar-refractivity contribution < 1.29 is 8.78 Å². The summed E-state index contributed by atoms with van der Waals surface area (Å²) in [6.45, 7) is 1.67. The molecule has 1 aromatic carbocycles. The van der Waals surface area contributed by atoms with Gasteiger partial charge in [0, 0.05) is 6.07 Å². The molecule has 0 spiro atoms. The lowest BCUT2D eigenvalue weighted by atomic mass is 10.2. The third-order valence-corrected chi connectivity index (χ3v) is 3.66. The molecule has 0 unspecified atom stereocenters. The molecule has 2 rings (SSSR count). The topological polar surface area (TPSA) is 54.9 Å². The maximum Gasteiger partial charge on any atom is 0.334 e. The van der Waals surface area contributed by atoms with E-state index >= 15 is 0 Å². The fourth-order valence-corrected chi connectivity index (χ4v) is 2.38. The number of rotatable bonds is 2. The summed E-state index contributed by atoms with van der Waals surface area (Å²) in [4.78, 5) is 26.3. The van der Waals surface area contributed by atoms with E-state index in [1.54, 1.807) is 6.92 Å². The molecule has 8 heteroatoms. The Kier molecular flexibility index (Phi) is 4.10. The number of H-pyrrole nitrogens is 1. The van der Waals surface area contributed by atoms with E-state index < -0.39 is 22.9 Å². The van der Waals surface area contributed by atoms with Gasteiger partial charge in [-0.1, -0.05) is 18.5 Å². The van der Waals surface area contributed by atoms with Crippen LogP contribution >= 0.6 is 27.5 Å². The number of nitrogens with one attached hydrogen (secondary N) is 1. The zero-order valence-electron chi connectivity index (χ0n) is 10.1. The van der Waals surface area contributed by atoms with Crippen LogP contribution in [0.25, 0.3) is 5.69 Å². The van der Waals surface area contributed by atoms with Crippen LogP contribution in [0, 0.1) is 11.6 Å². The van der Waals surface area contributed by atoms with Gasteiger partial charge in [0.25, 0.3) is 5.56 Å². The van der Waals surface area contributed by atoms with Crippen LogP contribution < -0.4 is 11.2 Å². The molecular formula is C12H8BrClF2N2O2.